The van der Waals surface area contributed by atoms with Crippen LogP contribution >= 0.6 is 7.82 Å². The largest absolute Gasteiger partial charge is 0.475 e. The molecule has 5 heteroatoms. The van der Waals surface area contributed by atoms with Gasteiger partial charge in [0.15, 0.2) is 0 Å². The summed E-state index contributed by atoms with van der Waals surface area (Å²) in [6.45, 7) is 6.66. The molecular weight excluding hydrogens is 323 g/mol. The molecule has 0 unspecified atom stereocenters. The van der Waals surface area contributed by atoms with Gasteiger partial charge in [0, 0.05) is 0 Å². The average molecular weight is 348 g/mol. The Labute approximate surface area is 144 Å². The summed E-state index contributed by atoms with van der Waals surface area (Å²) in [5, 5.41) is 0. The molecule has 2 aromatic rings. The number of benzene rings is 2. The Morgan fingerprint density at radius 3 is 1.67 bits per heavy atom. The highest BCUT2D eigenvalue weighted by Crippen LogP contribution is 2.51. The molecular formula is C19H25O4P. The Hall–Kier alpha value is -1.45. The van der Waals surface area contributed by atoms with Crippen LogP contribution in [0.4, 0.5) is 0 Å². The Morgan fingerprint density at radius 2 is 1.25 bits per heavy atom. The van der Waals surface area contributed by atoms with Crippen molar-refractivity contribution in [1.82, 2.24) is 0 Å². The fourth-order valence-corrected chi connectivity index (χ4v) is 3.38. The molecule has 0 atom stereocenters. The van der Waals surface area contributed by atoms with Crippen LogP contribution in [0.3, 0.4) is 0 Å². The summed E-state index contributed by atoms with van der Waals surface area (Å²) in [7, 11) is -3.61. The third kappa shape index (κ3) is 5.57. The monoisotopic (exact) mass is 348 g/mol. The van der Waals surface area contributed by atoms with E-state index in [9.17, 15) is 4.57 Å². The van der Waals surface area contributed by atoms with Crippen LogP contribution in [0.15, 0.2) is 48.5 Å². The topological polar surface area (TPSA) is 44.8 Å². The lowest BCUT2D eigenvalue weighted by Gasteiger charge is -2.19. The summed E-state index contributed by atoms with van der Waals surface area (Å²) in [6.07, 6.45) is 0.742. The van der Waals surface area contributed by atoms with Gasteiger partial charge in [-0.25, -0.2) is 4.57 Å². The molecule has 0 aromatic heterocycles. The smallest absolute Gasteiger partial charge is 0.287 e. The Kier molecular flexibility index (Phi) is 7.19. The summed E-state index contributed by atoms with van der Waals surface area (Å²) >= 11 is 0. The molecule has 0 aliphatic carbocycles. The average Bonchev–Trinajstić information content (AvgIpc) is 2.59. The predicted octanol–water partition coefficient (Wildman–Crippen LogP) is 5.57. The highest BCUT2D eigenvalue weighted by Gasteiger charge is 2.27. The van der Waals surface area contributed by atoms with Gasteiger partial charge < -0.3 is 0 Å². The van der Waals surface area contributed by atoms with Crippen molar-refractivity contribution in [1.29, 1.82) is 0 Å². The number of rotatable bonds is 9. The Balaban J connectivity index is 2.03. The van der Waals surface area contributed by atoms with Crippen LogP contribution in [-0.2, 0) is 31.4 Å². The Bertz CT molecular complexity index is 646. The second-order valence-electron chi connectivity index (χ2n) is 5.68. The van der Waals surface area contributed by atoms with E-state index in [2.05, 4.69) is 0 Å². The molecule has 2 rings (SSSR count). The summed E-state index contributed by atoms with van der Waals surface area (Å²) < 4.78 is 29.4. The maximum absolute atomic E-state index is 12.9. The van der Waals surface area contributed by atoms with Crippen LogP contribution in [0.25, 0.3) is 0 Å². The van der Waals surface area contributed by atoms with E-state index in [1.807, 2.05) is 69.3 Å². The maximum Gasteiger partial charge on any atom is 0.475 e. The molecule has 0 heterocycles. The molecule has 0 aliphatic rings. The van der Waals surface area contributed by atoms with E-state index < -0.39 is 7.82 Å². The molecule has 0 radical (unpaired) electrons. The van der Waals surface area contributed by atoms with Gasteiger partial charge in [0.2, 0.25) is 0 Å². The predicted molar refractivity (Wildman–Crippen MR) is 95.8 cm³/mol. The number of hydrogen-bond acceptors (Lipinski definition) is 4. The van der Waals surface area contributed by atoms with Crippen molar-refractivity contribution in [2.45, 2.75) is 40.4 Å². The molecule has 0 bridgehead atoms. The fraction of sp³-hybridized carbons (Fsp3) is 0.368. The summed E-state index contributed by atoms with van der Waals surface area (Å²) in [4.78, 5) is 0. The van der Waals surface area contributed by atoms with E-state index in [0.29, 0.717) is 6.61 Å². The van der Waals surface area contributed by atoms with Crippen molar-refractivity contribution in [3.63, 3.8) is 0 Å². The van der Waals surface area contributed by atoms with Gasteiger partial charge >= 0.3 is 7.82 Å². The molecule has 130 valence electrons. The highest BCUT2D eigenvalue weighted by molar-refractivity contribution is 7.48. The number of phosphoric acid groups is 1. The van der Waals surface area contributed by atoms with Crippen LogP contribution in [0, 0.1) is 13.8 Å². The van der Waals surface area contributed by atoms with Crippen molar-refractivity contribution in [3.05, 3.63) is 70.8 Å². The molecule has 0 amide bonds. The minimum Gasteiger partial charge on any atom is -0.287 e. The van der Waals surface area contributed by atoms with E-state index in [4.69, 9.17) is 13.6 Å². The first-order valence-corrected chi connectivity index (χ1v) is 9.63. The van der Waals surface area contributed by atoms with Gasteiger partial charge in [-0.05, 0) is 42.5 Å². The first-order valence-electron chi connectivity index (χ1n) is 8.17. The zero-order valence-electron chi connectivity index (χ0n) is 14.5. The van der Waals surface area contributed by atoms with Crippen molar-refractivity contribution >= 4 is 7.82 Å². The van der Waals surface area contributed by atoms with E-state index >= 15 is 0 Å². The van der Waals surface area contributed by atoms with E-state index in [1.54, 1.807) is 0 Å². The van der Waals surface area contributed by atoms with Crippen LogP contribution in [0.2, 0.25) is 0 Å². The number of phosphoric ester groups is 1. The SMILES string of the molecule is CCCOP(=O)(OCc1ccccc1C)OCc1ccccc1C. The van der Waals surface area contributed by atoms with Gasteiger partial charge in [0.05, 0.1) is 19.8 Å². The molecule has 0 saturated heterocycles. The minimum absolute atomic E-state index is 0.196. The van der Waals surface area contributed by atoms with E-state index in [0.717, 1.165) is 28.7 Å². The number of hydrogen-bond donors (Lipinski definition) is 0. The first-order chi connectivity index (χ1) is 11.5. The molecule has 0 aliphatic heterocycles. The van der Waals surface area contributed by atoms with Crippen molar-refractivity contribution in [3.8, 4) is 0 Å². The summed E-state index contributed by atoms with van der Waals surface area (Å²) in [5.74, 6) is 0. The zero-order chi connectivity index (χ0) is 17.4. The van der Waals surface area contributed by atoms with E-state index in [-0.39, 0.29) is 13.2 Å². The lowest BCUT2D eigenvalue weighted by molar-refractivity contribution is 0.103. The molecule has 2 aromatic carbocycles. The van der Waals surface area contributed by atoms with Crippen molar-refractivity contribution < 1.29 is 18.1 Å². The van der Waals surface area contributed by atoms with Gasteiger partial charge in [-0.2, -0.15) is 0 Å². The molecule has 0 fully saturated rings. The molecule has 0 saturated carbocycles. The van der Waals surface area contributed by atoms with Gasteiger partial charge in [-0.1, -0.05) is 55.5 Å². The van der Waals surface area contributed by atoms with Crippen molar-refractivity contribution in [2.24, 2.45) is 0 Å². The highest BCUT2D eigenvalue weighted by atomic mass is 31.2. The lowest BCUT2D eigenvalue weighted by atomic mass is 10.1. The third-order valence-corrected chi connectivity index (χ3v) is 5.12. The van der Waals surface area contributed by atoms with Gasteiger partial charge in [-0.15, -0.1) is 0 Å². The first kappa shape index (κ1) is 18.9. The van der Waals surface area contributed by atoms with Crippen molar-refractivity contribution in [2.75, 3.05) is 6.61 Å². The summed E-state index contributed by atoms with van der Waals surface area (Å²) in [5.41, 5.74) is 4.10. The Morgan fingerprint density at radius 1 is 0.792 bits per heavy atom. The van der Waals surface area contributed by atoms with Gasteiger partial charge in [0.25, 0.3) is 0 Å². The molecule has 0 N–H and O–H groups in total. The molecule has 0 spiro atoms. The molecule has 4 nitrogen and oxygen atoms in total. The standard InChI is InChI=1S/C19H25O4P/c1-4-13-21-24(20,22-14-18-11-7-5-9-16(18)2)23-15-19-12-8-6-10-17(19)3/h5-12H,4,13-15H2,1-3H3. The van der Waals surface area contributed by atoms with Gasteiger partial charge in [-0.3, -0.25) is 13.6 Å². The maximum atomic E-state index is 12.9. The van der Waals surface area contributed by atoms with Crippen LogP contribution in [0.5, 0.6) is 0 Å². The van der Waals surface area contributed by atoms with Crippen LogP contribution in [-0.4, -0.2) is 6.61 Å². The second kappa shape index (κ2) is 9.14. The minimum atomic E-state index is -3.61. The number of aryl methyl sites for hydroxylation is 2. The lowest BCUT2D eigenvalue weighted by Crippen LogP contribution is -2.03. The second-order valence-corrected chi connectivity index (χ2v) is 7.35. The van der Waals surface area contributed by atoms with Gasteiger partial charge in [0.1, 0.15) is 0 Å². The van der Waals surface area contributed by atoms with Crippen LogP contribution in [0.1, 0.15) is 35.6 Å². The normalized spacial score (nSPS) is 11.6. The quantitative estimate of drug-likeness (QED) is 0.556. The summed E-state index contributed by atoms with van der Waals surface area (Å²) in [6, 6.07) is 15.6. The van der Waals surface area contributed by atoms with Crippen LogP contribution < -0.4 is 0 Å². The third-order valence-electron chi connectivity index (χ3n) is 3.73. The zero-order valence-corrected chi connectivity index (χ0v) is 15.4. The molecule has 24 heavy (non-hydrogen) atoms. The fourth-order valence-electron chi connectivity index (χ4n) is 2.16. The van der Waals surface area contributed by atoms with E-state index in [1.165, 1.54) is 0 Å².